The number of rotatable bonds is 4. The molecule has 0 unspecified atom stereocenters. The van der Waals surface area contributed by atoms with Gasteiger partial charge in [-0.1, -0.05) is 37.3 Å². The number of halogens is 3. The van der Waals surface area contributed by atoms with Crippen LogP contribution in [0.3, 0.4) is 0 Å². The van der Waals surface area contributed by atoms with Gasteiger partial charge in [-0.3, -0.25) is 4.79 Å². The van der Waals surface area contributed by atoms with Gasteiger partial charge in [-0.05, 0) is 25.0 Å². The summed E-state index contributed by atoms with van der Waals surface area (Å²) in [7, 11) is 0. The molecule has 0 atom stereocenters. The Labute approximate surface area is 185 Å². The number of benzene rings is 1. The van der Waals surface area contributed by atoms with Crippen molar-refractivity contribution in [2.75, 3.05) is 5.32 Å². The van der Waals surface area contributed by atoms with Crippen LogP contribution >= 0.6 is 11.3 Å². The Morgan fingerprint density at radius 2 is 1.97 bits per heavy atom. The molecule has 1 amide bonds. The molecule has 0 fully saturated rings. The van der Waals surface area contributed by atoms with Crippen LogP contribution < -0.4 is 5.32 Å². The van der Waals surface area contributed by atoms with Crippen LogP contribution in [0.1, 0.15) is 39.1 Å². The van der Waals surface area contributed by atoms with Crippen molar-refractivity contribution in [1.29, 1.82) is 5.26 Å². The minimum atomic E-state index is -4.71. The molecule has 3 aromatic heterocycles. The molecule has 0 radical (unpaired) electrons. The number of anilines is 1. The fourth-order valence-electron chi connectivity index (χ4n) is 3.42. The van der Waals surface area contributed by atoms with E-state index in [2.05, 4.69) is 21.5 Å². The van der Waals surface area contributed by atoms with Crippen LogP contribution in [0.5, 0.6) is 0 Å². The first-order chi connectivity index (χ1) is 15.2. The van der Waals surface area contributed by atoms with E-state index in [0.29, 0.717) is 27.1 Å². The number of carbonyl (C=O) groups is 1. The van der Waals surface area contributed by atoms with Gasteiger partial charge in [0.05, 0.1) is 11.3 Å². The van der Waals surface area contributed by atoms with Crippen molar-refractivity contribution in [2.45, 2.75) is 26.4 Å². The van der Waals surface area contributed by atoms with Gasteiger partial charge in [-0.25, -0.2) is 9.50 Å². The maximum Gasteiger partial charge on any atom is 0.433 e. The summed E-state index contributed by atoms with van der Waals surface area (Å²) in [5, 5.41) is 16.3. The number of fused-ring (bicyclic) bond motifs is 1. The fourth-order valence-corrected chi connectivity index (χ4v) is 4.51. The van der Waals surface area contributed by atoms with Gasteiger partial charge in [0.2, 0.25) is 0 Å². The summed E-state index contributed by atoms with van der Waals surface area (Å²) in [6.45, 7) is 3.74. The highest BCUT2D eigenvalue weighted by Crippen LogP contribution is 2.34. The lowest BCUT2D eigenvalue weighted by atomic mass is 10.1. The van der Waals surface area contributed by atoms with Crippen molar-refractivity contribution < 1.29 is 18.0 Å². The second-order valence-corrected chi connectivity index (χ2v) is 8.18. The van der Waals surface area contributed by atoms with Gasteiger partial charge in [0.15, 0.2) is 17.0 Å². The van der Waals surface area contributed by atoms with Crippen LogP contribution in [0.25, 0.3) is 16.9 Å². The largest absolute Gasteiger partial charge is 0.433 e. The number of nitrogens with zero attached hydrogens (tertiary/aromatic N) is 4. The van der Waals surface area contributed by atoms with Crippen molar-refractivity contribution in [2.24, 2.45) is 0 Å². The van der Waals surface area contributed by atoms with Crippen molar-refractivity contribution in [3.63, 3.8) is 0 Å². The number of nitrogens with one attached hydrogen (secondary N) is 1. The predicted molar refractivity (Wildman–Crippen MR) is 115 cm³/mol. The first-order valence-electron chi connectivity index (χ1n) is 9.60. The maximum atomic E-state index is 13.7. The number of hydrogen-bond acceptors (Lipinski definition) is 5. The average molecular weight is 455 g/mol. The normalized spacial score (nSPS) is 11.5. The molecule has 1 N–H and O–H groups in total. The number of hydrogen-bond donors (Lipinski definition) is 1. The van der Waals surface area contributed by atoms with Crippen LogP contribution in [0, 0.1) is 18.3 Å². The topological polar surface area (TPSA) is 83.1 Å². The summed E-state index contributed by atoms with van der Waals surface area (Å²) in [6.07, 6.45) is -4.09. The van der Waals surface area contributed by atoms with Crippen LogP contribution in [-0.2, 0) is 12.6 Å². The zero-order chi connectivity index (χ0) is 23.0. The van der Waals surface area contributed by atoms with Gasteiger partial charge in [-0.2, -0.15) is 23.5 Å². The van der Waals surface area contributed by atoms with Gasteiger partial charge < -0.3 is 5.32 Å². The summed E-state index contributed by atoms with van der Waals surface area (Å²) in [5.41, 5.74) is 0.419. The van der Waals surface area contributed by atoms with E-state index in [1.54, 1.807) is 30.3 Å². The van der Waals surface area contributed by atoms with Crippen molar-refractivity contribution in [3.05, 3.63) is 69.9 Å². The van der Waals surface area contributed by atoms with Crippen LogP contribution in [0.15, 0.2) is 42.5 Å². The predicted octanol–water partition coefficient (Wildman–Crippen LogP) is 5.47. The average Bonchev–Trinajstić information content (AvgIpc) is 3.32. The molecule has 0 saturated heterocycles. The molecular weight excluding hydrogens is 439 g/mol. The Morgan fingerprint density at radius 3 is 2.59 bits per heavy atom. The van der Waals surface area contributed by atoms with E-state index in [-0.39, 0.29) is 17.0 Å². The SMILES string of the molecule is CCc1c(C)sc(NC(=O)c2cc3nc(-c4ccccc4)cc(C(F)(F)F)n3n2)c1C#N. The molecule has 0 aliphatic rings. The molecule has 162 valence electrons. The van der Waals surface area contributed by atoms with Crippen LogP contribution in [0.2, 0.25) is 0 Å². The minimum absolute atomic E-state index is 0.110. The number of nitriles is 1. The highest BCUT2D eigenvalue weighted by Gasteiger charge is 2.35. The Bertz CT molecular complexity index is 1370. The monoisotopic (exact) mass is 455 g/mol. The van der Waals surface area contributed by atoms with Crippen molar-refractivity contribution >= 4 is 27.9 Å². The zero-order valence-corrected chi connectivity index (χ0v) is 17.8. The molecule has 10 heteroatoms. The molecule has 32 heavy (non-hydrogen) atoms. The molecule has 0 bridgehead atoms. The number of thiophene rings is 1. The third-order valence-corrected chi connectivity index (χ3v) is 5.98. The number of amides is 1. The summed E-state index contributed by atoms with van der Waals surface area (Å²) in [6, 6.07) is 12.6. The molecular formula is C22H16F3N5OS. The van der Waals surface area contributed by atoms with Gasteiger partial charge in [0, 0.05) is 16.5 Å². The summed E-state index contributed by atoms with van der Waals surface area (Å²) < 4.78 is 41.8. The number of alkyl halides is 3. The maximum absolute atomic E-state index is 13.7. The first kappa shape index (κ1) is 21.5. The van der Waals surface area contributed by atoms with E-state index >= 15 is 0 Å². The van der Waals surface area contributed by atoms with Gasteiger partial charge >= 0.3 is 6.18 Å². The smallest absolute Gasteiger partial charge is 0.311 e. The molecule has 4 rings (SSSR count). The molecule has 0 saturated carbocycles. The molecule has 0 aliphatic carbocycles. The van der Waals surface area contributed by atoms with E-state index in [0.717, 1.165) is 16.5 Å². The number of carbonyl (C=O) groups excluding carboxylic acids is 1. The van der Waals surface area contributed by atoms with E-state index < -0.39 is 17.8 Å². The van der Waals surface area contributed by atoms with E-state index in [1.807, 2.05) is 13.8 Å². The number of aromatic nitrogens is 3. The lowest BCUT2D eigenvalue weighted by molar-refractivity contribution is -0.142. The lowest BCUT2D eigenvalue weighted by Crippen LogP contribution is -2.15. The fraction of sp³-hybridized carbons (Fsp3) is 0.182. The van der Waals surface area contributed by atoms with E-state index in [9.17, 15) is 23.2 Å². The summed E-state index contributed by atoms with van der Waals surface area (Å²) >= 11 is 1.24. The summed E-state index contributed by atoms with van der Waals surface area (Å²) in [5.74, 6) is -0.717. The standard InChI is InChI=1S/C22H16F3N5OS/c1-3-14-12(2)32-21(15(14)11-26)28-20(31)17-10-19-27-16(13-7-5-4-6-8-13)9-18(22(23,24)25)30(19)29-17/h4-10H,3H2,1-2H3,(H,28,31). The highest BCUT2D eigenvalue weighted by atomic mass is 32.1. The van der Waals surface area contributed by atoms with Crippen LogP contribution in [0.4, 0.5) is 18.2 Å². The number of aryl methyl sites for hydroxylation is 1. The Balaban J connectivity index is 1.78. The second kappa shape index (κ2) is 8.09. The zero-order valence-electron chi connectivity index (χ0n) is 17.0. The van der Waals surface area contributed by atoms with Crippen molar-refractivity contribution in [3.8, 4) is 17.3 Å². The van der Waals surface area contributed by atoms with Crippen molar-refractivity contribution in [1.82, 2.24) is 14.6 Å². The Kier molecular flexibility index (Phi) is 5.44. The van der Waals surface area contributed by atoms with Gasteiger partial charge in [0.1, 0.15) is 11.1 Å². The van der Waals surface area contributed by atoms with Crippen LogP contribution in [-0.4, -0.2) is 20.5 Å². The summed E-state index contributed by atoms with van der Waals surface area (Å²) in [4.78, 5) is 17.9. The Hall–Kier alpha value is -3.71. The van der Waals surface area contributed by atoms with E-state index in [1.165, 1.54) is 17.4 Å². The molecule has 6 nitrogen and oxygen atoms in total. The molecule has 1 aromatic carbocycles. The highest BCUT2D eigenvalue weighted by molar-refractivity contribution is 7.16. The molecule has 3 heterocycles. The Morgan fingerprint density at radius 1 is 1.25 bits per heavy atom. The third-order valence-electron chi connectivity index (χ3n) is 4.92. The first-order valence-corrected chi connectivity index (χ1v) is 10.4. The molecule has 4 aromatic rings. The third kappa shape index (κ3) is 3.83. The lowest BCUT2D eigenvalue weighted by Gasteiger charge is -2.10. The minimum Gasteiger partial charge on any atom is -0.311 e. The van der Waals surface area contributed by atoms with Gasteiger partial charge in [0.25, 0.3) is 5.91 Å². The molecule has 0 spiro atoms. The van der Waals surface area contributed by atoms with Gasteiger partial charge in [-0.15, -0.1) is 11.3 Å². The molecule has 0 aliphatic heterocycles. The van der Waals surface area contributed by atoms with E-state index in [4.69, 9.17) is 0 Å². The second-order valence-electron chi connectivity index (χ2n) is 6.95. The quantitative estimate of drug-likeness (QED) is 0.442.